The third kappa shape index (κ3) is 3.59. The fourth-order valence-electron chi connectivity index (χ4n) is 2.86. The van der Waals surface area contributed by atoms with Crippen molar-refractivity contribution >= 4 is 10.0 Å². The lowest BCUT2D eigenvalue weighted by Crippen LogP contribution is -2.43. The van der Waals surface area contributed by atoms with Gasteiger partial charge in [-0.25, -0.2) is 8.42 Å². The molecule has 0 spiro atoms. The minimum absolute atomic E-state index is 0.0182. The molecule has 2 unspecified atom stereocenters. The molecule has 2 atom stereocenters. The first kappa shape index (κ1) is 15.5. The average Bonchev–Trinajstić information content (AvgIpc) is 2.93. The molecule has 0 aliphatic carbocycles. The first-order chi connectivity index (χ1) is 9.54. The molecule has 1 aliphatic heterocycles. The van der Waals surface area contributed by atoms with Crippen LogP contribution in [0.5, 0.6) is 0 Å². The second-order valence-corrected chi connectivity index (χ2v) is 7.41. The molecule has 1 saturated heterocycles. The standard InChI is InChI=1S/C15H24N2O2S/c1-3-17(15-9-10-16-11-15)20(18,19)12-13(2)14-7-5-4-6-8-14/h4-8,13,15-16H,3,9-12H2,1-2H3. The lowest BCUT2D eigenvalue weighted by molar-refractivity contribution is 0.347. The highest BCUT2D eigenvalue weighted by Crippen LogP contribution is 2.21. The van der Waals surface area contributed by atoms with Crippen LogP contribution in [0.1, 0.15) is 31.7 Å². The van der Waals surface area contributed by atoms with Crippen LogP contribution < -0.4 is 5.32 Å². The highest BCUT2D eigenvalue weighted by Gasteiger charge is 2.31. The fraction of sp³-hybridized carbons (Fsp3) is 0.600. The Labute approximate surface area is 122 Å². The van der Waals surface area contributed by atoms with Crippen LogP contribution in [0.4, 0.5) is 0 Å². The van der Waals surface area contributed by atoms with Gasteiger partial charge in [-0.3, -0.25) is 0 Å². The molecule has 1 aromatic carbocycles. The summed E-state index contributed by atoms with van der Waals surface area (Å²) in [4.78, 5) is 0. The molecule has 1 aromatic rings. The van der Waals surface area contributed by atoms with Crippen LogP contribution >= 0.6 is 0 Å². The van der Waals surface area contributed by atoms with E-state index in [1.54, 1.807) is 4.31 Å². The van der Waals surface area contributed by atoms with Gasteiger partial charge in [-0.1, -0.05) is 44.2 Å². The van der Waals surface area contributed by atoms with Crippen molar-refractivity contribution in [2.45, 2.75) is 32.2 Å². The Morgan fingerprint density at radius 3 is 2.60 bits per heavy atom. The van der Waals surface area contributed by atoms with Crippen molar-refractivity contribution in [1.82, 2.24) is 9.62 Å². The zero-order valence-corrected chi connectivity index (χ0v) is 13.1. The highest BCUT2D eigenvalue weighted by molar-refractivity contribution is 7.89. The molecule has 1 aliphatic rings. The number of hydrogen-bond donors (Lipinski definition) is 1. The van der Waals surface area contributed by atoms with Gasteiger partial charge in [-0.15, -0.1) is 0 Å². The van der Waals surface area contributed by atoms with Gasteiger partial charge in [0.1, 0.15) is 0 Å². The van der Waals surface area contributed by atoms with E-state index in [0.29, 0.717) is 6.54 Å². The van der Waals surface area contributed by atoms with E-state index in [-0.39, 0.29) is 17.7 Å². The van der Waals surface area contributed by atoms with Gasteiger partial charge in [0, 0.05) is 19.1 Å². The molecule has 1 fully saturated rings. The second-order valence-electron chi connectivity index (χ2n) is 5.44. The summed E-state index contributed by atoms with van der Waals surface area (Å²) >= 11 is 0. The van der Waals surface area contributed by atoms with E-state index in [1.165, 1.54) is 0 Å². The Morgan fingerprint density at radius 2 is 2.05 bits per heavy atom. The molecule has 0 radical (unpaired) electrons. The van der Waals surface area contributed by atoms with Crippen molar-refractivity contribution in [3.8, 4) is 0 Å². The third-order valence-corrected chi connectivity index (χ3v) is 6.13. The largest absolute Gasteiger partial charge is 0.315 e. The summed E-state index contributed by atoms with van der Waals surface area (Å²) in [5.41, 5.74) is 1.08. The number of sulfonamides is 1. The Bertz CT molecular complexity index is 510. The second kappa shape index (κ2) is 6.70. The Morgan fingerprint density at radius 1 is 1.35 bits per heavy atom. The first-order valence-electron chi connectivity index (χ1n) is 7.29. The smallest absolute Gasteiger partial charge is 0.214 e. The summed E-state index contributed by atoms with van der Waals surface area (Å²) in [5.74, 6) is 0.200. The van der Waals surface area contributed by atoms with Crippen molar-refractivity contribution in [2.75, 3.05) is 25.4 Å². The summed E-state index contributed by atoms with van der Waals surface area (Å²) in [7, 11) is -3.21. The van der Waals surface area contributed by atoms with Crippen LogP contribution in [0, 0.1) is 0 Å². The third-order valence-electron chi connectivity index (χ3n) is 3.94. The van der Waals surface area contributed by atoms with Crippen molar-refractivity contribution in [3.63, 3.8) is 0 Å². The number of hydrogen-bond acceptors (Lipinski definition) is 3. The molecule has 0 amide bonds. The van der Waals surface area contributed by atoms with Gasteiger partial charge in [0.15, 0.2) is 0 Å². The molecule has 20 heavy (non-hydrogen) atoms. The summed E-state index contributed by atoms with van der Waals surface area (Å²) in [6.07, 6.45) is 0.910. The topological polar surface area (TPSA) is 49.4 Å². The molecule has 0 bridgehead atoms. The zero-order chi connectivity index (χ0) is 14.6. The van der Waals surface area contributed by atoms with Gasteiger partial charge in [-0.2, -0.15) is 4.31 Å². The van der Waals surface area contributed by atoms with Crippen molar-refractivity contribution < 1.29 is 8.42 Å². The predicted octanol–water partition coefficient (Wildman–Crippen LogP) is 1.80. The SMILES string of the molecule is CCN(C1CCNC1)S(=O)(=O)CC(C)c1ccccc1. The zero-order valence-electron chi connectivity index (χ0n) is 12.2. The minimum Gasteiger partial charge on any atom is -0.315 e. The quantitative estimate of drug-likeness (QED) is 0.871. The van der Waals surface area contributed by atoms with Gasteiger partial charge in [0.05, 0.1) is 5.75 Å². The molecule has 0 aromatic heterocycles. The molecule has 112 valence electrons. The minimum atomic E-state index is -3.21. The van der Waals surface area contributed by atoms with Crippen LogP contribution in [0.15, 0.2) is 30.3 Å². The predicted molar refractivity (Wildman–Crippen MR) is 82.3 cm³/mol. The summed E-state index contributed by atoms with van der Waals surface area (Å²) in [6, 6.07) is 9.97. The van der Waals surface area contributed by atoms with Crippen LogP contribution in [0.25, 0.3) is 0 Å². The first-order valence-corrected chi connectivity index (χ1v) is 8.90. The van der Waals surface area contributed by atoms with Gasteiger partial charge < -0.3 is 5.32 Å². The molecule has 0 saturated carbocycles. The maximum absolute atomic E-state index is 12.6. The number of likely N-dealkylation sites (N-methyl/N-ethyl adjacent to an activating group) is 1. The summed E-state index contributed by atoms with van der Waals surface area (Å²) in [6.45, 7) is 6.13. The number of nitrogens with one attached hydrogen (secondary N) is 1. The molecule has 5 heteroatoms. The number of nitrogens with zero attached hydrogens (tertiary/aromatic N) is 1. The Hall–Kier alpha value is -0.910. The lowest BCUT2D eigenvalue weighted by atomic mass is 10.0. The fourth-order valence-corrected chi connectivity index (χ4v) is 4.90. The van der Waals surface area contributed by atoms with Crippen LogP contribution in [-0.2, 0) is 10.0 Å². The number of rotatable bonds is 6. The number of benzene rings is 1. The summed E-state index contributed by atoms with van der Waals surface area (Å²) in [5, 5.41) is 3.24. The monoisotopic (exact) mass is 296 g/mol. The molecule has 2 rings (SSSR count). The Balaban J connectivity index is 2.09. The maximum Gasteiger partial charge on any atom is 0.214 e. The highest BCUT2D eigenvalue weighted by atomic mass is 32.2. The van der Waals surface area contributed by atoms with E-state index in [0.717, 1.165) is 25.1 Å². The van der Waals surface area contributed by atoms with Gasteiger partial charge in [0.2, 0.25) is 10.0 Å². The van der Waals surface area contributed by atoms with Gasteiger partial charge >= 0.3 is 0 Å². The van der Waals surface area contributed by atoms with E-state index in [2.05, 4.69) is 5.32 Å². The summed E-state index contributed by atoms with van der Waals surface area (Å²) < 4.78 is 26.9. The normalized spacial score (nSPS) is 21.2. The van der Waals surface area contributed by atoms with Gasteiger partial charge in [-0.05, 0) is 24.4 Å². The van der Waals surface area contributed by atoms with Crippen molar-refractivity contribution in [3.05, 3.63) is 35.9 Å². The van der Waals surface area contributed by atoms with Crippen molar-refractivity contribution in [1.29, 1.82) is 0 Å². The van der Waals surface area contributed by atoms with E-state index >= 15 is 0 Å². The van der Waals surface area contributed by atoms with Crippen molar-refractivity contribution in [2.24, 2.45) is 0 Å². The Kier molecular flexibility index (Phi) is 5.18. The van der Waals surface area contributed by atoms with E-state index in [1.807, 2.05) is 44.2 Å². The average molecular weight is 296 g/mol. The van der Waals surface area contributed by atoms with Crippen LogP contribution in [-0.4, -0.2) is 44.2 Å². The van der Waals surface area contributed by atoms with E-state index < -0.39 is 10.0 Å². The maximum atomic E-state index is 12.6. The molecule has 4 nitrogen and oxygen atoms in total. The van der Waals surface area contributed by atoms with E-state index in [9.17, 15) is 8.42 Å². The van der Waals surface area contributed by atoms with Crippen LogP contribution in [0.3, 0.4) is 0 Å². The molecular formula is C15H24N2O2S. The molecule has 1 N–H and O–H groups in total. The molecular weight excluding hydrogens is 272 g/mol. The van der Waals surface area contributed by atoms with Gasteiger partial charge in [0.25, 0.3) is 0 Å². The lowest BCUT2D eigenvalue weighted by Gasteiger charge is -2.27. The van der Waals surface area contributed by atoms with E-state index in [4.69, 9.17) is 0 Å². The molecule has 1 heterocycles. The van der Waals surface area contributed by atoms with Crippen LogP contribution in [0.2, 0.25) is 0 Å².